The molecule has 1 nitrogen and oxygen atoms in total. The molecule has 0 unspecified atom stereocenters. The van der Waals surface area contributed by atoms with Crippen LogP contribution in [-0.4, -0.2) is 12.4 Å². The van der Waals surface area contributed by atoms with Gasteiger partial charge >= 0.3 is 0 Å². The molecule has 1 saturated carbocycles. The second-order valence-corrected chi connectivity index (χ2v) is 5.29. The lowest BCUT2D eigenvalue weighted by Gasteiger charge is -2.15. The highest BCUT2D eigenvalue weighted by Gasteiger charge is 2.53. The predicted octanol–water partition coefficient (Wildman–Crippen LogP) is 3.30. The summed E-state index contributed by atoms with van der Waals surface area (Å²) >= 11 is 5.97. The molecule has 3 rings (SSSR count). The quantitative estimate of drug-likeness (QED) is 0.825. The third-order valence-corrected chi connectivity index (χ3v) is 4.48. The van der Waals surface area contributed by atoms with E-state index < -0.39 is 0 Å². The third kappa shape index (κ3) is 1.65. The highest BCUT2D eigenvalue weighted by Crippen LogP contribution is 2.54. The minimum Gasteiger partial charge on any atom is -0.330 e. The lowest BCUT2D eigenvalue weighted by molar-refractivity contribution is 0.645. The fourth-order valence-electron chi connectivity index (χ4n) is 2.80. The van der Waals surface area contributed by atoms with Gasteiger partial charge in [0, 0.05) is 17.8 Å². The number of alkyl halides is 1. The predicted molar refractivity (Wildman–Crippen MR) is 73.5 cm³/mol. The Hall–Kier alpha value is -1.05. The topological polar surface area (TPSA) is 26.0 Å². The van der Waals surface area contributed by atoms with Gasteiger partial charge in [0.1, 0.15) is 0 Å². The minimum absolute atomic E-state index is 0.145. The summed E-state index contributed by atoms with van der Waals surface area (Å²) < 4.78 is 0. The lowest BCUT2D eigenvalue weighted by atomic mass is 9.91. The van der Waals surface area contributed by atoms with Gasteiger partial charge in [-0.3, -0.25) is 0 Å². The number of fused-ring (bicyclic) bond motifs is 1. The van der Waals surface area contributed by atoms with Crippen LogP contribution in [-0.2, 0) is 5.41 Å². The largest absolute Gasteiger partial charge is 0.330 e. The van der Waals surface area contributed by atoms with Gasteiger partial charge in [-0.05, 0) is 28.7 Å². The van der Waals surface area contributed by atoms with Gasteiger partial charge in [0.25, 0.3) is 0 Å². The van der Waals surface area contributed by atoms with Crippen molar-refractivity contribution in [3.8, 4) is 0 Å². The number of hydrogen-bond acceptors (Lipinski definition) is 1. The Kier molecular flexibility index (Phi) is 2.61. The van der Waals surface area contributed by atoms with Gasteiger partial charge in [0.15, 0.2) is 0 Å². The van der Waals surface area contributed by atoms with Crippen molar-refractivity contribution >= 4 is 22.4 Å². The molecule has 2 atom stereocenters. The van der Waals surface area contributed by atoms with Crippen LogP contribution in [0.4, 0.5) is 0 Å². The van der Waals surface area contributed by atoms with Crippen LogP contribution in [0.3, 0.4) is 0 Å². The Balaban J connectivity index is 2.07. The van der Waals surface area contributed by atoms with Crippen LogP contribution in [0.2, 0.25) is 0 Å². The zero-order valence-corrected chi connectivity index (χ0v) is 10.5. The lowest BCUT2D eigenvalue weighted by Crippen LogP contribution is -2.22. The SMILES string of the molecule is NC[C@]1(c2ccc3ccccc3c2)C[C@@H]1CCl. The van der Waals surface area contributed by atoms with E-state index in [2.05, 4.69) is 42.5 Å². The van der Waals surface area contributed by atoms with Gasteiger partial charge in [-0.1, -0.05) is 42.5 Å². The van der Waals surface area contributed by atoms with E-state index in [0.29, 0.717) is 18.3 Å². The zero-order chi connectivity index (χ0) is 11.9. The smallest absolute Gasteiger partial charge is 0.0261 e. The van der Waals surface area contributed by atoms with Crippen molar-refractivity contribution in [3.63, 3.8) is 0 Å². The summed E-state index contributed by atoms with van der Waals surface area (Å²) in [6.07, 6.45) is 1.13. The van der Waals surface area contributed by atoms with Crippen molar-refractivity contribution in [2.45, 2.75) is 11.8 Å². The summed E-state index contributed by atoms with van der Waals surface area (Å²) in [4.78, 5) is 0. The number of benzene rings is 2. The second kappa shape index (κ2) is 4.01. The molecule has 17 heavy (non-hydrogen) atoms. The molecule has 2 N–H and O–H groups in total. The van der Waals surface area contributed by atoms with Gasteiger partial charge in [-0.15, -0.1) is 11.6 Å². The average molecular weight is 246 g/mol. The van der Waals surface area contributed by atoms with Crippen molar-refractivity contribution in [1.29, 1.82) is 0 Å². The first kappa shape index (κ1) is 11.1. The van der Waals surface area contributed by atoms with Crippen molar-refractivity contribution in [1.82, 2.24) is 0 Å². The van der Waals surface area contributed by atoms with Crippen LogP contribution < -0.4 is 5.73 Å². The molecule has 2 aromatic carbocycles. The Morgan fingerprint density at radius 2 is 1.94 bits per heavy atom. The molecule has 0 aliphatic heterocycles. The Bertz CT molecular complexity index is 551. The molecule has 2 aromatic rings. The van der Waals surface area contributed by atoms with E-state index in [1.165, 1.54) is 16.3 Å². The molecular formula is C15H16ClN. The van der Waals surface area contributed by atoms with E-state index in [1.54, 1.807) is 0 Å². The Labute approximate surface area is 107 Å². The molecule has 1 fully saturated rings. The van der Waals surface area contributed by atoms with Crippen LogP contribution in [0.25, 0.3) is 10.8 Å². The number of hydrogen-bond donors (Lipinski definition) is 1. The molecule has 0 spiro atoms. The van der Waals surface area contributed by atoms with E-state index >= 15 is 0 Å². The third-order valence-electron chi connectivity index (χ3n) is 4.11. The minimum atomic E-state index is 0.145. The van der Waals surface area contributed by atoms with Gasteiger partial charge in [0.2, 0.25) is 0 Å². The van der Waals surface area contributed by atoms with E-state index in [4.69, 9.17) is 17.3 Å². The number of rotatable bonds is 3. The molecular weight excluding hydrogens is 230 g/mol. The van der Waals surface area contributed by atoms with E-state index in [1.807, 2.05) is 0 Å². The van der Waals surface area contributed by atoms with Gasteiger partial charge < -0.3 is 5.73 Å². The molecule has 1 aliphatic carbocycles. The van der Waals surface area contributed by atoms with Crippen LogP contribution in [0.15, 0.2) is 42.5 Å². The summed E-state index contributed by atoms with van der Waals surface area (Å²) in [7, 11) is 0. The maximum atomic E-state index is 5.97. The molecule has 0 radical (unpaired) electrons. The molecule has 88 valence electrons. The average Bonchev–Trinajstić information content (AvgIpc) is 3.13. The standard InChI is InChI=1S/C15H16ClN/c16-9-14-8-15(14,10-17)13-6-5-11-3-1-2-4-12(11)7-13/h1-7,14H,8-10,17H2/t14-,15+/m1/s1. The Morgan fingerprint density at radius 3 is 2.59 bits per heavy atom. The van der Waals surface area contributed by atoms with E-state index in [9.17, 15) is 0 Å². The van der Waals surface area contributed by atoms with Crippen molar-refractivity contribution in [2.75, 3.05) is 12.4 Å². The van der Waals surface area contributed by atoms with E-state index in [-0.39, 0.29) is 5.41 Å². The summed E-state index contributed by atoms with van der Waals surface area (Å²) in [6, 6.07) is 15.1. The van der Waals surface area contributed by atoms with Gasteiger partial charge in [0.05, 0.1) is 0 Å². The van der Waals surface area contributed by atoms with Crippen molar-refractivity contribution in [2.24, 2.45) is 11.7 Å². The van der Waals surface area contributed by atoms with Gasteiger partial charge in [-0.2, -0.15) is 0 Å². The second-order valence-electron chi connectivity index (χ2n) is 4.98. The van der Waals surface area contributed by atoms with Crippen molar-refractivity contribution < 1.29 is 0 Å². The normalized spacial score (nSPS) is 27.3. The first-order chi connectivity index (χ1) is 8.30. The summed E-state index contributed by atoms with van der Waals surface area (Å²) in [5.41, 5.74) is 7.45. The molecule has 0 heterocycles. The van der Waals surface area contributed by atoms with Crippen molar-refractivity contribution in [3.05, 3.63) is 48.0 Å². The van der Waals surface area contributed by atoms with Crippen LogP contribution >= 0.6 is 11.6 Å². The maximum absolute atomic E-state index is 5.97. The summed E-state index contributed by atoms with van der Waals surface area (Å²) in [5.74, 6) is 1.26. The molecule has 0 amide bonds. The van der Waals surface area contributed by atoms with Gasteiger partial charge in [-0.25, -0.2) is 0 Å². The monoisotopic (exact) mass is 245 g/mol. The number of nitrogens with two attached hydrogens (primary N) is 1. The fourth-order valence-corrected chi connectivity index (χ4v) is 3.21. The Morgan fingerprint density at radius 1 is 1.18 bits per heavy atom. The molecule has 0 saturated heterocycles. The highest BCUT2D eigenvalue weighted by molar-refractivity contribution is 6.18. The molecule has 0 aromatic heterocycles. The van der Waals surface area contributed by atoms with Crippen LogP contribution in [0.1, 0.15) is 12.0 Å². The summed E-state index contributed by atoms with van der Waals surface area (Å²) in [5, 5.41) is 2.57. The zero-order valence-electron chi connectivity index (χ0n) is 9.70. The molecule has 2 heteroatoms. The fraction of sp³-hybridized carbons (Fsp3) is 0.333. The number of halogens is 1. The van der Waals surface area contributed by atoms with Crippen LogP contribution in [0, 0.1) is 5.92 Å². The first-order valence-electron chi connectivity index (χ1n) is 6.05. The maximum Gasteiger partial charge on any atom is 0.0261 e. The van der Waals surface area contributed by atoms with Crippen LogP contribution in [0.5, 0.6) is 0 Å². The molecule has 0 bridgehead atoms. The molecule has 1 aliphatic rings. The summed E-state index contributed by atoms with van der Waals surface area (Å²) in [6.45, 7) is 0.697. The first-order valence-corrected chi connectivity index (χ1v) is 6.59. The van der Waals surface area contributed by atoms with E-state index in [0.717, 1.165) is 6.42 Å². The highest BCUT2D eigenvalue weighted by atomic mass is 35.5.